The molecule has 2 rings (SSSR count). The van der Waals surface area contributed by atoms with Gasteiger partial charge in [-0.25, -0.2) is 8.78 Å². The molecule has 0 amide bonds. The lowest BCUT2D eigenvalue weighted by molar-refractivity contribution is 0.0692. The van der Waals surface area contributed by atoms with Gasteiger partial charge < -0.3 is 4.74 Å². The van der Waals surface area contributed by atoms with E-state index in [-0.39, 0.29) is 11.9 Å². The normalized spacial score (nSPS) is 11.4. The molecule has 1 aromatic heterocycles. The number of halogens is 2. The first-order valence-electron chi connectivity index (χ1n) is 8.21. The van der Waals surface area contributed by atoms with Crippen molar-refractivity contribution in [3.63, 3.8) is 0 Å². The van der Waals surface area contributed by atoms with Crippen molar-refractivity contribution < 1.29 is 13.5 Å². The highest BCUT2D eigenvalue weighted by atomic mass is 19.1. The van der Waals surface area contributed by atoms with Crippen LogP contribution in [0.25, 0.3) is 0 Å². The zero-order valence-corrected chi connectivity index (χ0v) is 14.2. The van der Waals surface area contributed by atoms with Gasteiger partial charge in [0, 0.05) is 44.2 Å². The van der Waals surface area contributed by atoms with Crippen LogP contribution in [-0.2, 0) is 17.8 Å². The zero-order valence-electron chi connectivity index (χ0n) is 14.2. The Morgan fingerprint density at radius 3 is 2.54 bits per heavy atom. The van der Waals surface area contributed by atoms with Crippen LogP contribution in [0.3, 0.4) is 0 Å². The summed E-state index contributed by atoms with van der Waals surface area (Å²) in [5.74, 6) is -0.798. The van der Waals surface area contributed by atoms with E-state index in [2.05, 4.69) is 9.88 Å². The molecule has 0 N–H and O–H groups in total. The molecule has 0 unspecified atom stereocenters. The fourth-order valence-electron chi connectivity index (χ4n) is 2.47. The van der Waals surface area contributed by atoms with Crippen molar-refractivity contribution in [1.29, 1.82) is 0 Å². The lowest BCUT2D eigenvalue weighted by Gasteiger charge is -2.23. The summed E-state index contributed by atoms with van der Waals surface area (Å²) >= 11 is 0. The Kier molecular flexibility index (Phi) is 7.28. The van der Waals surface area contributed by atoms with Gasteiger partial charge in [-0.05, 0) is 56.2 Å². The van der Waals surface area contributed by atoms with Crippen molar-refractivity contribution in [2.75, 3.05) is 13.2 Å². The molecule has 0 fully saturated rings. The van der Waals surface area contributed by atoms with Crippen LogP contribution in [0.2, 0.25) is 0 Å². The third-order valence-electron chi connectivity index (χ3n) is 3.63. The SMILES string of the molecule is CC(C)OCCCN(Cc1ccncc1)Cc1cc(F)ccc1F. The monoisotopic (exact) mass is 334 g/mol. The predicted molar refractivity (Wildman–Crippen MR) is 90.4 cm³/mol. The fraction of sp³-hybridized carbons (Fsp3) is 0.421. The first kappa shape index (κ1) is 18.5. The second-order valence-corrected chi connectivity index (χ2v) is 6.07. The second kappa shape index (κ2) is 9.45. The van der Waals surface area contributed by atoms with E-state index in [0.29, 0.717) is 25.3 Å². The van der Waals surface area contributed by atoms with E-state index < -0.39 is 5.82 Å². The molecule has 0 atom stereocenters. The van der Waals surface area contributed by atoms with Crippen molar-refractivity contribution in [3.05, 3.63) is 65.5 Å². The third kappa shape index (κ3) is 6.34. The Bertz CT molecular complexity index is 620. The van der Waals surface area contributed by atoms with Gasteiger partial charge in [0.1, 0.15) is 11.6 Å². The van der Waals surface area contributed by atoms with Crippen LogP contribution in [0.1, 0.15) is 31.4 Å². The second-order valence-electron chi connectivity index (χ2n) is 6.07. The fourth-order valence-corrected chi connectivity index (χ4v) is 2.47. The van der Waals surface area contributed by atoms with Gasteiger partial charge in [-0.3, -0.25) is 9.88 Å². The number of benzene rings is 1. The molecule has 2 aromatic rings. The van der Waals surface area contributed by atoms with Gasteiger partial charge in [0.05, 0.1) is 6.10 Å². The Labute approximate surface area is 142 Å². The van der Waals surface area contributed by atoms with E-state index in [4.69, 9.17) is 4.74 Å². The maximum Gasteiger partial charge on any atom is 0.127 e. The summed E-state index contributed by atoms with van der Waals surface area (Å²) in [6.45, 7) is 6.39. The molecule has 130 valence electrons. The average molecular weight is 334 g/mol. The molecule has 24 heavy (non-hydrogen) atoms. The Morgan fingerprint density at radius 1 is 1.08 bits per heavy atom. The van der Waals surface area contributed by atoms with Crippen molar-refractivity contribution in [2.45, 2.75) is 39.5 Å². The molecule has 0 radical (unpaired) electrons. The Balaban J connectivity index is 2.02. The average Bonchev–Trinajstić information content (AvgIpc) is 2.55. The highest BCUT2D eigenvalue weighted by Gasteiger charge is 2.11. The van der Waals surface area contributed by atoms with Gasteiger partial charge in [0.25, 0.3) is 0 Å². The van der Waals surface area contributed by atoms with Gasteiger partial charge in [-0.15, -0.1) is 0 Å². The van der Waals surface area contributed by atoms with E-state index in [0.717, 1.165) is 24.6 Å². The van der Waals surface area contributed by atoms with Crippen molar-refractivity contribution in [2.24, 2.45) is 0 Å². The quantitative estimate of drug-likeness (QED) is 0.643. The van der Waals surface area contributed by atoms with Gasteiger partial charge >= 0.3 is 0 Å². The smallest absolute Gasteiger partial charge is 0.127 e. The lowest BCUT2D eigenvalue weighted by Crippen LogP contribution is -2.26. The Hall–Kier alpha value is -1.85. The first-order valence-corrected chi connectivity index (χ1v) is 8.21. The van der Waals surface area contributed by atoms with Crippen LogP contribution in [0, 0.1) is 11.6 Å². The summed E-state index contributed by atoms with van der Waals surface area (Å²) in [5.41, 5.74) is 1.46. The van der Waals surface area contributed by atoms with Crippen LogP contribution in [-0.4, -0.2) is 29.1 Å². The molecule has 1 aromatic carbocycles. The van der Waals surface area contributed by atoms with E-state index >= 15 is 0 Å². The molecule has 5 heteroatoms. The Morgan fingerprint density at radius 2 is 1.83 bits per heavy atom. The molecule has 1 heterocycles. The van der Waals surface area contributed by atoms with E-state index in [9.17, 15) is 8.78 Å². The molecule has 0 bridgehead atoms. The lowest BCUT2D eigenvalue weighted by atomic mass is 10.1. The molecular formula is C19H24F2N2O. The number of nitrogens with zero attached hydrogens (tertiary/aromatic N) is 2. The number of rotatable bonds is 9. The van der Waals surface area contributed by atoms with Gasteiger partial charge in [-0.1, -0.05) is 0 Å². The number of ether oxygens (including phenoxy) is 1. The minimum absolute atomic E-state index is 0.194. The largest absolute Gasteiger partial charge is 0.379 e. The topological polar surface area (TPSA) is 25.4 Å². The molecule has 0 saturated heterocycles. The van der Waals surface area contributed by atoms with E-state index in [1.807, 2.05) is 26.0 Å². The maximum absolute atomic E-state index is 13.9. The minimum Gasteiger partial charge on any atom is -0.379 e. The standard InChI is InChI=1S/C19H24F2N2O/c1-15(2)24-11-3-10-23(13-16-6-8-22-9-7-16)14-17-12-18(20)4-5-19(17)21/h4-9,12,15H,3,10-11,13-14H2,1-2H3. The van der Waals surface area contributed by atoms with Crippen molar-refractivity contribution in [3.8, 4) is 0 Å². The van der Waals surface area contributed by atoms with Crippen molar-refractivity contribution >= 4 is 0 Å². The van der Waals surface area contributed by atoms with Gasteiger partial charge in [-0.2, -0.15) is 0 Å². The van der Waals surface area contributed by atoms with Crippen LogP contribution in [0.4, 0.5) is 8.78 Å². The van der Waals surface area contributed by atoms with Crippen LogP contribution >= 0.6 is 0 Å². The summed E-state index contributed by atoms with van der Waals surface area (Å²) < 4.78 is 32.9. The number of hydrogen-bond acceptors (Lipinski definition) is 3. The molecule has 0 saturated carbocycles. The molecule has 0 aliphatic rings. The van der Waals surface area contributed by atoms with Crippen LogP contribution in [0.15, 0.2) is 42.7 Å². The van der Waals surface area contributed by atoms with Crippen LogP contribution < -0.4 is 0 Å². The number of aromatic nitrogens is 1. The number of hydrogen-bond donors (Lipinski definition) is 0. The summed E-state index contributed by atoms with van der Waals surface area (Å²) in [4.78, 5) is 6.10. The summed E-state index contributed by atoms with van der Waals surface area (Å²) in [5, 5.41) is 0. The molecule has 0 spiro atoms. The van der Waals surface area contributed by atoms with Gasteiger partial charge in [0.15, 0.2) is 0 Å². The van der Waals surface area contributed by atoms with Gasteiger partial charge in [0.2, 0.25) is 0 Å². The molecule has 3 nitrogen and oxygen atoms in total. The minimum atomic E-state index is -0.418. The number of pyridine rings is 1. The third-order valence-corrected chi connectivity index (χ3v) is 3.63. The predicted octanol–water partition coefficient (Wildman–Crippen LogP) is 4.18. The molecular weight excluding hydrogens is 310 g/mol. The molecule has 0 aliphatic heterocycles. The summed E-state index contributed by atoms with van der Waals surface area (Å²) in [7, 11) is 0. The highest BCUT2D eigenvalue weighted by molar-refractivity contribution is 5.19. The van der Waals surface area contributed by atoms with E-state index in [1.165, 1.54) is 12.1 Å². The zero-order chi connectivity index (χ0) is 17.4. The maximum atomic E-state index is 13.9. The molecule has 0 aliphatic carbocycles. The summed E-state index contributed by atoms with van der Waals surface area (Å²) in [6, 6.07) is 7.44. The van der Waals surface area contributed by atoms with E-state index in [1.54, 1.807) is 12.4 Å². The summed E-state index contributed by atoms with van der Waals surface area (Å²) in [6.07, 6.45) is 4.50. The van der Waals surface area contributed by atoms with Crippen molar-refractivity contribution in [1.82, 2.24) is 9.88 Å². The van der Waals surface area contributed by atoms with Crippen LogP contribution in [0.5, 0.6) is 0 Å². The highest BCUT2D eigenvalue weighted by Crippen LogP contribution is 2.15. The first-order chi connectivity index (χ1) is 11.5.